The first-order chi connectivity index (χ1) is 12.9. The van der Waals surface area contributed by atoms with Gasteiger partial charge in [-0.05, 0) is 49.5 Å². The van der Waals surface area contributed by atoms with Gasteiger partial charge >= 0.3 is 0 Å². The molecule has 1 aromatic heterocycles. The van der Waals surface area contributed by atoms with Gasteiger partial charge in [0.2, 0.25) is 0 Å². The van der Waals surface area contributed by atoms with Gasteiger partial charge in [0.15, 0.2) is 0 Å². The molecule has 0 saturated heterocycles. The number of furan rings is 1. The van der Waals surface area contributed by atoms with Crippen LogP contribution in [0.4, 0.5) is 0 Å². The second kappa shape index (κ2) is 6.53. The number of nitrogens with one attached hydrogen (secondary N) is 1. The molecule has 0 bridgehead atoms. The van der Waals surface area contributed by atoms with E-state index >= 15 is 0 Å². The molecule has 0 radical (unpaired) electrons. The van der Waals surface area contributed by atoms with Crippen LogP contribution in [0, 0.1) is 0 Å². The zero-order valence-electron chi connectivity index (χ0n) is 14.8. The summed E-state index contributed by atoms with van der Waals surface area (Å²) in [7, 11) is 0. The number of hydrogen-bond donors (Lipinski definition) is 1. The van der Waals surface area contributed by atoms with Crippen LogP contribution in [-0.2, 0) is 6.42 Å². The number of allylic oxidation sites excluding steroid dienone is 4. The Balaban J connectivity index is 1.35. The maximum atomic E-state index is 6.07. The molecule has 0 fully saturated rings. The van der Waals surface area contributed by atoms with E-state index in [4.69, 9.17) is 4.42 Å². The first kappa shape index (κ1) is 15.5. The van der Waals surface area contributed by atoms with Crippen molar-refractivity contribution in [1.82, 2.24) is 5.32 Å². The minimum atomic E-state index is 0.304. The Hall–Kier alpha value is -2.74. The highest BCUT2D eigenvalue weighted by molar-refractivity contribution is 5.63. The van der Waals surface area contributed by atoms with Gasteiger partial charge in [-0.3, -0.25) is 0 Å². The normalized spacial score (nSPS) is 23.3. The van der Waals surface area contributed by atoms with Crippen LogP contribution < -0.4 is 5.32 Å². The molecular weight excluding hydrogens is 318 g/mol. The quantitative estimate of drug-likeness (QED) is 0.750. The Kier molecular flexibility index (Phi) is 3.89. The van der Waals surface area contributed by atoms with Gasteiger partial charge in [0.05, 0.1) is 6.04 Å². The van der Waals surface area contributed by atoms with Crippen LogP contribution in [0.2, 0.25) is 0 Å². The Morgan fingerprint density at radius 1 is 0.923 bits per heavy atom. The van der Waals surface area contributed by atoms with E-state index in [1.165, 1.54) is 22.4 Å². The van der Waals surface area contributed by atoms with Crippen molar-refractivity contribution in [3.8, 4) is 0 Å². The molecule has 1 N–H and O–H groups in total. The molecule has 0 saturated carbocycles. The van der Waals surface area contributed by atoms with Gasteiger partial charge < -0.3 is 9.73 Å². The Morgan fingerprint density at radius 3 is 2.65 bits per heavy atom. The Labute approximate surface area is 154 Å². The molecule has 1 aromatic carbocycles. The fraction of sp³-hybridized carbons (Fsp3) is 0.250. The van der Waals surface area contributed by atoms with E-state index in [1.54, 1.807) is 0 Å². The first-order valence-electron chi connectivity index (χ1n) is 9.57. The lowest BCUT2D eigenvalue weighted by Gasteiger charge is -2.25. The SMILES string of the molecule is C1=Cc2oc3c(c2CC1)C(NC1=CCC(c2ccccc2)C=C1)CC=C3. The van der Waals surface area contributed by atoms with E-state index < -0.39 is 0 Å². The molecule has 5 rings (SSSR count). The van der Waals surface area contributed by atoms with Crippen molar-refractivity contribution >= 4 is 12.2 Å². The van der Waals surface area contributed by atoms with Gasteiger partial charge in [0, 0.05) is 22.7 Å². The Morgan fingerprint density at radius 2 is 1.81 bits per heavy atom. The lowest BCUT2D eigenvalue weighted by molar-refractivity contribution is 0.523. The standard InChI is InChI=1S/C24H23NO/c1-2-7-17(8-3-1)18-13-15-19(16-14-18)25-21-10-6-12-23-24(21)20-9-4-5-11-22(20)26-23/h1-3,5-8,11-13,15-16,18,21,25H,4,9-10,14H2. The van der Waals surface area contributed by atoms with Crippen LogP contribution >= 0.6 is 0 Å². The van der Waals surface area contributed by atoms with Crippen LogP contribution in [0.25, 0.3) is 12.2 Å². The van der Waals surface area contributed by atoms with Crippen molar-refractivity contribution in [3.05, 3.63) is 94.6 Å². The van der Waals surface area contributed by atoms with Crippen molar-refractivity contribution in [1.29, 1.82) is 0 Å². The summed E-state index contributed by atoms with van der Waals surface area (Å²) in [5.41, 5.74) is 5.38. The molecule has 1 heterocycles. The largest absolute Gasteiger partial charge is 0.457 e. The first-order valence-corrected chi connectivity index (χ1v) is 9.57. The molecule has 0 aliphatic heterocycles. The molecule has 2 unspecified atom stereocenters. The lowest BCUT2D eigenvalue weighted by Crippen LogP contribution is -2.23. The van der Waals surface area contributed by atoms with Crippen molar-refractivity contribution in [2.24, 2.45) is 0 Å². The van der Waals surface area contributed by atoms with Crippen LogP contribution in [0.15, 0.2) is 70.8 Å². The number of rotatable bonds is 3. The van der Waals surface area contributed by atoms with E-state index in [0.29, 0.717) is 12.0 Å². The third-order valence-corrected chi connectivity index (χ3v) is 5.60. The van der Waals surface area contributed by atoms with Gasteiger partial charge in [0.25, 0.3) is 0 Å². The van der Waals surface area contributed by atoms with Crippen molar-refractivity contribution in [3.63, 3.8) is 0 Å². The highest BCUT2D eigenvalue weighted by Gasteiger charge is 2.27. The summed E-state index contributed by atoms with van der Waals surface area (Å²) >= 11 is 0. The van der Waals surface area contributed by atoms with Gasteiger partial charge in [0.1, 0.15) is 11.5 Å². The van der Waals surface area contributed by atoms with Crippen molar-refractivity contribution in [2.45, 2.75) is 37.6 Å². The third kappa shape index (κ3) is 2.76. The molecule has 0 amide bonds. The highest BCUT2D eigenvalue weighted by atomic mass is 16.3. The van der Waals surface area contributed by atoms with E-state index in [1.807, 2.05) is 0 Å². The number of hydrogen-bond acceptors (Lipinski definition) is 2. The van der Waals surface area contributed by atoms with E-state index in [-0.39, 0.29) is 0 Å². The summed E-state index contributed by atoms with van der Waals surface area (Å²) in [6.07, 6.45) is 19.8. The summed E-state index contributed by atoms with van der Waals surface area (Å²) in [5, 5.41) is 3.76. The summed E-state index contributed by atoms with van der Waals surface area (Å²) in [5.74, 6) is 2.57. The maximum absolute atomic E-state index is 6.07. The topological polar surface area (TPSA) is 25.2 Å². The van der Waals surface area contributed by atoms with E-state index in [2.05, 4.69) is 78.2 Å². The van der Waals surface area contributed by atoms with E-state index in [9.17, 15) is 0 Å². The van der Waals surface area contributed by atoms with Crippen LogP contribution in [-0.4, -0.2) is 0 Å². The van der Waals surface area contributed by atoms with Gasteiger partial charge in [-0.2, -0.15) is 0 Å². The highest BCUT2D eigenvalue weighted by Crippen LogP contribution is 2.38. The zero-order valence-corrected chi connectivity index (χ0v) is 14.8. The minimum absolute atomic E-state index is 0.304. The van der Waals surface area contributed by atoms with Crippen LogP contribution in [0.3, 0.4) is 0 Å². The van der Waals surface area contributed by atoms with Gasteiger partial charge in [-0.25, -0.2) is 0 Å². The summed E-state index contributed by atoms with van der Waals surface area (Å²) in [6.45, 7) is 0. The zero-order chi connectivity index (χ0) is 17.3. The van der Waals surface area contributed by atoms with Gasteiger partial charge in [-0.15, -0.1) is 0 Å². The van der Waals surface area contributed by atoms with Crippen LogP contribution in [0.5, 0.6) is 0 Å². The van der Waals surface area contributed by atoms with Crippen LogP contribution in [0.1, 0.15) is 59.4 Å². The third-order valence-electron chi connectivity index (χ3n) is 5.60. The Bertz CT molecular complexity index is 927. The average Bonchev–Trinajstić information content (AvgIpc) is 3.09. The second-order valence-corrected chi connectivity index (χ2v) is 7.27. The molecule has 0 spiro atoms. The molecule has 2 nitrogen and oxygen atoms in total. The summed E-state index contributed by atoms with van der Waals surface area (Å²) in [6, 6.07) is 11.0. The fourth-order valence-corrected chi connectivity index (χ4v) is 4.27. The molecule has 2 aromatic rings. The molecule has 3 aliphatic carbocycles. The predicted molar refractivity (Wildman–Crippen MR) is 107 cm³/mol. The van der Waals surface area contributed by atoms with E-state index in [0.717, 1.165) is 37.2 Å². The predicted octanol–water partition coefficient (Wildman–Crippen LogP) is 5.91. The van der Waals surface area contributed by atoms with Crippen molar-refractivity contribution < 1.29 is 4.42 Å². The maximum Gasteiger partial charge on any atom is 0.132 e. The molecule has 2 atom stereocenters. The molecular formula is C24H23NO. The second-order valence-electron chi connectivity index (χ2n) is 7.27. The minimum Gasteiger partial charge on any atom is -0.457 e. The van der Waals surface area contributed by atoms with Gasteiger partial charge in [-0.1, -0.05) is 54.6 Å². The molecule has 3 aliphatic rings. The monoisotopic (exact) mass is 341 g/mol. The lowest BCUT2D eigenvalue weighted by atomic mass is 9.89. The average molecular weight is 341 g/mol. The molecule has 2 heteroatoms. The smallest absolute Gasteiger partial charge is 0.132 e. The number of benzene rings is 1. The summed E-state index contributed by atoms with van der Waals surface area (Å²) < 4.78 is 6.07. The van der Waals surface area contributed by atoms with Crippen molar-refractivity contribution in [2.75, 3.05) is 0 Å². The molecule has 130 valence electrons. The number of fused-ring (bicyclic) bond motifs is 3. The molecule has 26 heavy (non-hydrogen) atoms. The summed E-state index contributed by atoms with van der Waals surface area (Å²) in [4.78, 5) is 0. The fourth-order valence-electron chi connectivity index (χ4n) is 4.27.